The summed E-state index contributed by atoms with van der Waals surface area (Å²) in [6, 6.07) is 7.20. The Morgan fingerprint density at radius 3 is 2.62 bits per heavy atom. The Morgan fingerprint density at radius 1 is 1.24 bits per heavy atom. The monoisotopic (exact) mass is 348 g/mol. The summed E-state index contributed by atoms with van der Waals surface area (Å²) in [5.41, 5.74) is 0.305. The molecule has 0 aliphatic carbocycles. The first-order valence-electron chi connectivity index (χ1n) is 6.09. The summed E-state index contributed by atoms with van der Waals surface area (Å²) >= 11 is 7.10. The van der Waals surface area contributed by atoms with E-state index in [1.54, 1.807) is 19.2 Å². The third-order valence-electron chi connectivity index (χ3n) is 2.76. The highest BCUT2D eigenvalue weighted by Crippen LogP contribution is 2.22. The topological polar surface area (TPSA) is 58.2 Å². The molecule has 0 atom stereocenters. The molecule has 0 amide bonds. The highest BCUT2D eigenvalue weighted by atomic mass is 35.5. The largest absolute Gasteiger partial charge is 0.316 e. The van der Waals surface area contributed by atoms with Gasteiger partial charge in [0.25, 0.3) is 0 Å². The average Bonchev–Trinajstić information content (AvgIpc) is 2.85. The van der Waals surface area contributed by atoms with E-state index in [1.165, 1.54) is 23.5 Å². The van der Waals surface area contributed by atoms with Crippen LogP contribution in [-0.2, 0) is 23.1 Å². The van der Waals surface area contributed by atoms with E-state index in [1.807, 2.05) is 0 Å². The van der Waals surface area contributed by atoms with Crippen LogP contribution in [0, 0.1) is 5.82 Å². The second-order valence-corrected chi connectivity index (χ2v) is 7.88. The minimum absolute atomic E-state index is 0.0387. The first kappa shape index (κ1) is 16.4. The van der Waals surface area contributed by atoms with Crippen molar-refractivity contribution in [2.24, 2.45) is 0 Å². The van der Waals surface area contributed by atoms with Crippen LogP contribution in [0.1, 0.15) is 10.4 Å². The van der Waals surface area contributed by atoms with Crippen LogP contribution in [-0.4, -0.2) is 15.5 Å². The van der Waals surface area contributed by atoms with Gasteiger partial charge in [-0.2, -0.15) is 0 Å². The lowest BCUT2D eigenvalue weighted by molar-refractivity contribution is 0.578. The third-order valence-corrected chi connectivity index (χ3v) is 5.39. The fourth-order valence-electron chi connectivity index (χ4n) is 1.74. The third kappa shape index (κ3) is 4.24. The molecular formula is C13H14ClFN2O2S2. The maximum atomic E-state index is 13.5. The number of thiophene rings is 1. The quantitative estimate of drug-likeness (QED) is 0.844. The molecule has 1 aromatic carbocycles. The van der Waals surface area contributed by atoms with Crippen LogP contribution in [0.4, 0.5) is 4.39 Å². The normalized spacial score (nSPS) is 11.8. The fourth-order valence-corrected chi connectivity index (χ4v) is 3.92. The zero-order valence-electron chi connectivity index (χ0n) is 11.2. The molecule has 0 aliphatic heterocycles. The van der Waals surface area contributed by atoms with Crippen molar-refractivity contribution in [3.63, 3.8) is 0 Å². The summed E-state index contributed by atoms with van der Waals surface area (Å²) < 4.78 is 41.0. The van der Waals surface area contributed by atoms with Gasteiger partial charge < -0.3 is 5.32 Å². The highest BCUT2D eigenvalue weighted by Gasteiger charge is 2.16. The van der Waals surface area contributed by atoms with Crippen molar-refractivity contribution in [2.75, 3.05) is 7.05 Å². The van der Waals surface area contributed by atoms with E-state index in [-0.39, 0.29) is 18.0 Å². The SMILES string of the molecule is CNCc1cc(S(=O)(=O)NCc2ccc(Cl)s2)ccc1F. The van der Waals surface area contributed by atoms with E-state index >= 15 is 0 Å². The molecule has 114 valence electrons. The minimum atomic E-state index is -3.69. The van der Waals surface area contributed by atoms with Gasteiger partial charge in [0.15, 0.2) is 0 Å². The molecule has 2 aromatic rings. The number of hydrogen-bond acceptors (Lipinski definition) is 4. The lowest BCUT2D eigenvalue weighted by Gasteiger charge is -2.08. The van der Waals surface area contributed by atoms with Gasteiger partial charge in [0.2, 0.25) is 10.0 Å². The molecule has 0 spiro atoms. The molecule has 2 rings (SSSR count). The summed E-state index contributed by atoms with van der Waals surface area (Å²) in [5, 5.41) is 2.80. The lowest BCUT2D eigenvalue weighted by Crippen LogP contribution is -2.23. The zero-order valence-corrected chi connectivity index (χ0v) is 13.6. The van der Waals surface area contributed by atoms with Crippen LogP contribution in [0.2, 0.25) is 4.34 Å². The second-order valence-electron chi connectivity index (χ2n) is 4.31. The summed E-state index contributed by atoms with van der Waals surface area (Å²) in [4.78, 5) is 0.845. The number of rotatable bonds is 6. The Bertz CT molecular complexity index is 732. The predicted molar refractivity (Wildman–Crippen MR) is 82.5 cm³/mol. The van der Waals surface area contributed by atoms with E-state index < -0.39 is 15.8 Å². The first-order valence-corrected chi connectivity index (χ1v) is 8.77. The Kier molecular flexibility index (Phi) is 5.34. The Hall–Kier alpha value is -0.990. The smallest absolute Gasteiger partial charge is 0.240 e. The summed E-state index contributed by atoms with van der Waals surface area (Å²) in [6.45, 7) is 0.411. The molecule has 0 radical (unpaired) electrons. The van der Waals surface area contributed by atoms with Gasteiger partial charge in [-0.25, -0.2) is 17.5 Å². The molecule has 1 aromatic heterocycles. The van der Waals surface area contributed by atoms with Crippen LogP contribution < -0.4 is 10.0 Å². The van der Waals surface area contributed by atoms with Crippen molar-refractivity contribution < 1.29 is 12.8 Å². The van der Waals surface area contributed by atoms with Crippen molar-refractivity contribution in [1.82, 2.24) is 10.0 Å². The Balaban J connectivity index is 2.17. The summed E-state index contributed by atoms with van der Waals surface area (Å²) in [5.74, 6) is -0.437. The fraction of sp³-hybridized carbons (Fsp3) is 0.231. The van der Waals surface area contributed by atoms with E-state index in [9.17, 15) is 12.8 Å². The van der Waals surface area contributed by atoms with Crippen molar-refractivity contribution in [2.45, 2.75) is 18.0 Å². The first-order chi connectivity index (χ1) is 9.92. The molecule has 0 bridgehead atoms. The molecule has 21 heavy (non-hydrogen) atoms. The predicted octanol–water partition coefficient (Wildman–Crippen LogP) is 2.74. The molecule has 4 nitrogen and oxygen atoms in total. The van der Waals surface area contributed by atoms with Crippen LogP contribution in [0.15, 0.2) is 35.2 Å². The number of halogens is 2. The van der Waals surface area contributed by atoms with Gasteiger partial charge in [-0.1, -0.05) is 11.6 Å². The van der Waals surface area contributed by atoms with E-state index in [0.29, 0.717) is 9.90 Å². The van der Waals surface area contributed by atoms with Gasteiger partial charge in [-0.3, -0.25) is 0 Å². The van der Waals surface area contributed by atoms with Crippen LogP contribution in [0.3, 0.4) is 0 Å². The van der Waals surface area contributed by atoms with E-state index in [0.717, 1.165) is 10.9 Å². The van der Waals surface area contributed by atoms with Gasteiger partial charge in [-0.15, -0.1) is 11.3 Å². The number of sulfonamides is 1. The molecule has 0 unspecified atom stereocenters. The maximum Gasteiger partial charge on any atom is 0.240 e. The highest BCUT2D eigenvalue weighted by molar-refractivity contribution is 7.89. The zero-order chi connectivity index (χ0) is 15.5. The number of hydrogen-bond donors (Lipinski definition) is 2. The number of nitrogens with one attached hydrogen (secondary N) is 2. The average molecular weight is 349 g/mol. The van der Waals surface area contributed by atoms with Crippen molar-refractivity contribution in [1.29, 1.82) is 0 Å². The van der Waals surface area contributed by atoms with Gasteiger partial charge >= 0.3 is 0 Å². The molecule has 0 saturated carbocycles. The van der Waals surface area contributed by atoms with Crippen molar-refractivity contribution >= 4 is 33.0 Å². The summed E-state index contributed by atoms with van der Waals surface area (Å²) in [7, 11) is -2.02. The van der Waals surface area contributed by atoms with Crippen LogP contribution in [0.25, 0.3) is 0 Å². The molecule has 2 N–H and O–H groups in total. The van der Waals surface area contributed by atoms with Crippen molar-refractivity contribution in [3.05, 3.63) is 50.9 Å². The molecule has 0 saturated heterocycles. The maximum absolute atomic E-state index is 13.5. The minimum Gasteiger partial charge on any atom is -0.316 e. The molecule has 1 heterocycles. The van der Waals surface area contributed by atoms with Crippen LogP contribution in [0.5, 0.6) is 0 Å². The molecule has 0 aliphatic rings. The molecule has 0 fully saturated rings. The summed E-state index contributed by atoms with van der Waals surface area (Å²) in [6.07, 6.45) is 0. The van der Waals surface area contributed by atoms with E-state index in [2.05, 4.69) is 10.0 Å². The van der Waals surface area contributed by atoms with E-state index in [4.69, 9.17) is 11.6 Å². The van der Waals surface area contributed by atoms with Gasteiger partial charge in [0, 0.05) is 23.5 Å². The van der Waals surface area contributed by atoms with Crippen LogP contribution >= 0.6 is 22.9 Å². The molecular weight excluding hydrogens is 335 g/mol. The standard InChI is InChI=1S/C13H14ClFN2O2S2/c1-16-7-9-6-11(3-4-12(9)15)21(18,19)17-8-10-2-5-13(14)20-10/h2-6,16-17H,7-8H2,1H3. The van der Waals surface area contributed by atoms with Crippen molar-refractivity contribution in [3.8, 4) is 0 Å². The second kappa shape index (κ2) is 6.85. The molecule has 8 heteroatoms. The Morgan fingerprint density at radius 2 is 2.00 bits per heavy atom. The lowest BCUT2D eigenvalue weighted by atomic mass is 10.2. The number of benzene rings is 1. The van der Waals surface area contributed by atoms with Gasteiger partial charge in [0.05, 0.1) is 9.23 Å². The van der Waals surface area contributed by atoms with Gasteiger partial charge in [0.1, 0.15) is 5.82 Å². The Labute approximate surface area is 132 Å². The van der Waals surface area contributed by atoms with Gasteiger partial charge in [-0.05, 0) is 37.4 Å².